The monoisotopic (exact) mass is 313 g/mol. The SMILES string of the molecule is FC(F)c1cc(-c2ccc(C(F)(F)F)cc2)nc2cncn12. The fourth-order valence-electron chi connectivity index (χ4n) is 2.08. The van der Waals surface area contributed by atoms with Crippen molar-refractivity contribution >= 4 is 5.65 Å². The molecule has 3 aromatic rings. The third-order valence-corrected chi connectivity index (χ3v) is 3.15. The summed E-state index contributed by atoms with van der Waals surface area (Å²) in [6.07, 6.45) is -4.69. The van der Waals surface area contributed by atoms with Crippen molar-refractivity contribution in [2.75, 3.05) is 0 Å². The zero-order chi connectivity index (χ0) is 15.9. The van der Waals surface area contributed by atoms with Crippen LogP contribution in [0, 0.1) is 0 Å². The molecule has 3 rings (SSSR count). The molecule has 0 saturated carbocycles. The Bertz CT molecular complexity index is 805. The smallest absolute Gasteiger partial charge is 0.282 e. The maximum atomic E-state index is 13.1. The van der Waals surface area contributed by atoms with E-state index in [9.17, 15) is 22.0 Å². The molecule has 8 heteroatoms. The van der Waals surface area contributed by atoms with Gasteiger partial charge in [-0.3, -0.25) is 4.40 Å². The highest BCUT2D eigenvalue weighted by Crippen LogP contribution is 2.31. The summed E-state index contributed by atoms with van der Waals surface area (Å²) >= 11 is 0. The minimum absolute atomic E-state index is 0.164. The van der Waals surface area contributed by atoms with Gasteiger partial charge in [0.15, 0.2) is 5.65 Å². The molecule has 2 heterocycles. The summed E-state index contributed by atoms with van der Waals surface area (Å²) < 4.78 is 64.9. The molecule has 0 radical (unpaired) electrons. The molecule has 0 aliphatic rings. The first kappa shape index (κ1) is 14.4. The van der Waals surface area contributed by atoms with Crippen molar-refractivity contribution in [3.63, 3.8) is 0 Å². The van der Waals surface area contributed by atoms with E-state index in [1.165, 1.54) is 24.7 Å². The van der Waals surface area contributed by atoms with Crippen molar-refractivity contribution in [2.24, 2.45) is 0 Å². The highest BCUT2D eigenvalue weighted by atomic mass is 19.4. The zero-order valence-electron chi connectivity index (χ0n) is 10.9. The Balaban J connectivity index is 2.10. The van der Waals surface area contributed by atoms with Crippen LogP contribution in [-0.4, -0.2) is 14.4 Å². The summed E-state index contributed by atoms with van der Waals surface area (Å²) in [4.78, 5) is 7.87. The first-order valence-electron chi connectivity index (χ1n) is 6.15. The van der Waals surface area contributed by atoms with Crippen molar-refractivity contribution in [3.05, 3.63) is 54.1 Å². The third-order valence-electron chi connectivity index (χ3n) is 3.15. The van der Waals surface area contributed by atoms with Crippen molar-refractivity contribution in [1.82, 2.24) is 14.4 Å². The average Bonchev–Trinajstić information content (AvgIpc) is 2.93. The van der Waals surface area contributed by atoms with E-state index >= 15 is 0 Å². The molecule has 0 aliphatic heterocycles. The Labute approximate surface area is 121 Å². The van der Waals surface area contributed by atoms with Crippen molar-refractivity contribution in [3.8, 4) is 11.3 Å². The van der Waals surface area contributed by atoms with Crippen LogP contribution in [0.1, 0.15) is 17.7 Å². The molecule has 0 unspecified atom stereocenters. The van der Waals surface area contributed by atoms with Gasteiger partial charge in [-0.05, 0) is 18.2 Å². The molecule has 22 heavy (non-hydrogen) atoms. The van der Waals surface area contributed by atoms with Gasteiger partial charge >= 0.3 is 6.18 Å². The van der Waals surface area contributed by atoms with Crippen LogP contribution in [0.2, 0.25) is 0 Å². The standard InChI is InChI=1S/C14H8F5N3/c15-13(16)11-5-10(21-12-6-20-7-22(11)12)8-1-3-9(4-2-8)14(17,18)19/h1-7,13H. The summed E-state index contributed by atoms with van der Waals surface area (Å²) in [6.45, 7) is 0. The van der Waals surface area contributed by atoms with Crippen LogP contribution in [0.4, 0.5) is 22.0 Å². The van der Waals surface area contributed by atoms with Gasteiger partial charge < -0.3 is 0 Å². The van der Waals surface area contributed by atoms with Crippen molar-refractivity contribution in [2.45, 2.75) is 12.6 Å². The number of halogens is 5. The van der Waals surface area contributed by atoms with Crippen LogP contribution < -0.4 is 0 Å². The summed E-state index contributed by atoms with van der Waals surface area (Å²) in [6, 6.07) is 5.32. The number of aromatic nitrogens is 3. The average molecular weight is 313 g/mol. The molecule has 0 saturated heterocycles. The first-order chi connectivity index (χ1) is 10.4. The van der Waals surface area contributed by atoms with Gasteiger partial charge in [0, 0.05) is 5.56 Å². The van der Waals surface area contributed by atoms with Gasteiger partial charge in [0.2, 0.25) is 0 Å². The lowest BCUT2D eigenvalue weighted by Crippen LogP contribution is -2.04. The van der Waals surface area contributed by atoms with Crippen LogP contribution in [0.15, 0.2) is 42.9 Å². The molecule has 0 amide bonds. The number of alkyl halides is 5. The number of rotatable bonds is 2. The van der Waals surface area contributed by atoms with Gasteiger partial charge in [0.25, 0.3) is 6.43 Å². The number of hydrogen-bond acceptors (Lipinski definition) is 2. The topological polar surface area (TPSA) is 30.2 Å². The van der Waals surface area contributed by atoms with E-state index in [4.69, 9.17) is 0 Å². The van der Waals surface area contributed by atoms with Crippen LogP contribution in [-0.2, 0) is 6.18 Å². The van der Waals surface area contributed by atoms with E-state index < -0.39 is 18.2 Å². The third kappa shape index (κ3) is 2.51. The van der Waals surface area contributed by atoms with Gasteiger partial charge in [-0.25, -0.2) is 18.7 Å². The quantitative estimate of drug-likeness (QED) is 0.658. The minimum atomic E-state index is -4.45. The molecular formula is C14H8F5N3. The Morgan fingerprint density at radius 1 is 1.05 bits per heavy atom. The second kappa shape index (κ2) is 5.04. The molecular weight excluding hydrogens is 305 g/mol. The van der Waals surface area contributed by atoms with Crippen LogP contribution in [0.25, 0.3) is 16.9 Å². The lowest BCUT2D eigenvalue weighted by Gasteiger charge is -2.10. The molecule has 0 N–H and O–H groups in total. The van der Waals surface area contributed by atoms with Gasteiger partial charge in [-0.15, -0.1) is 0 Å². The van der Waals surface area contributed by atoms with E-state index in [2.05, 4.69) is 9.97 Å². The number of nitrogens with zero attached hydrogens (tertiary/aromatic N) is 3. The van der Waals surface area contributed by atoms with Crippen LogP contribution in [0.5, 0.6) is 0 Å². The first-order valence-corrected chi connectivity index (χ1v) is 6.15. The Morgan fingerprint density at radius 2 is 1.73 bits per heavy atom. The second-order valence-corrected chi connectivity index (χ2v) is 4.56. The molecule has 0 fully saturated rings. The largest absolute Gasteiger partial charge is 0.416 e. The molecule has 2 aromatic heterocycles. The molecule has 1 aromatic carbocycles. The maximum absolute atomic E-state index is 13.1. The molecule has 0 atom stereocenters. The predicted octanol–water partition coefficient (Wildman–Crippen LogP) is 4.35. The predicted molar refractivity (Wildman–Crippen MR) is 68.4 cm³/mol. The lowest BCUT2D eigenvalue weighted by atomic mass is 10.1. The lowest BCUT2D eigenvalue weighted by molar-refractivity contribution is -0.137. The summed E-state index contributed by atoms with van der Waals surface area (Å²) in [5.41, 5.74) is -0.448. The van der Waals surface area contributed by atoms with Crippen molar-refractivity contribution in [1.29, 1.82) is 0 Å². The number of benzene rings is 1. The summed E-state index contributed by atoms with van der Waals surface area (Å²) in [7, 11) is 0. The second-order valence-electron chi connectivity index (χ2n) is 4.56. The number of imidazole rings is 1. The Kier molecular flexibility index (Phi) is 3.31. The highest BCUT2D eigenvalue weighted by molar-refractivity contribution is 5.63. The highest BCUT2D eigenvalue weighted by Gasteiger charge is 2.30. The minimum Gasteiger partial charge on any atom is -0.282 e. The fraction of sp³-hybridized carbons (Fsp3) is 0.143. The van der Waals surface area contributed by atoms with E-state index in [1.807, 2.05) is 0 Å². The van der Waals surface area contributed by atoms with Gasteiger partial charge in [-0.2, -0.15) is 13.2 Å². The van der Waals surface area contributed by atoms with E-state index in [0.29, 0.717) is 5.56 Å². The normalized spacial score (nSPS) is 12.3. The van der Waals surface area contributed by atoms with Crippen LogP contribution >= 0.6 is 0 Å². The number of hydrogen-bond donors (Lipinski definition) is 0. The number of fused-ring (bicyclic) bond motifs is 1. The molecule has 0 spiro atoms. The molecule has 0 bridgehead atoms. The van der Waals surface area contributed by atoms with Crippen molar-refractivity contribution < 1.29 is 22.0 Å². The van der Waals surface area contributed by atoms with Crippen LogP contribution in [0.3, 0.4) is 0 Å². The van der Waals surface area contributed by atoms with E-state index in [0.717, 1.165) is 22.6 Å². The molecule has 3 nitrogen and oxygen atoms in total. The van der Waals surface area contributed by atoms with E-state index in [-0.39, 0.29) is 17.0 Å². The fourth-order valence-corrected chi connectivity index (χ4v) is 2.08. The Hall–Kier alpha value is -2.51. The maximum Gasteiger partial charge on any atom is 0.416 e. The van der Waals surface area contributed by atoms with E-state index in [1.54, 1.807) is 0 Å². The van der Waals surface area contributed by atoms with Gasteiger partial charge in [0.1, 0.15) is 6.33 Å². The molecule has 114 valence electrons. The summed E-state index contributed by atoms with van der Waals surface area (Å²) in [5.74, 6) is 0. The zero-order valence-corrected chi connectivity index (χ0v) is 10.9. The Morgan fingerprint density at radius 3 is 2.32 bits per heavy atom. The molecule has 0 aliphatic carbocycles. The summed E-state index contributed by atoms with van der Waals surface area (Å²) in [5, 5.41) is 0. The van der Waals surface area contributed by atoms with Gasteiger partial charge in [-0.1, -0.05) is 12.1 Å². The van der Waals surface area contributed by atoms with Gasteiger partial charge in [0.05, 0.1) is 23.1 Å².